The molecule has 2 N–H and O–H groups in total. The maximum Gasteiger partial charge on any atom is 0.220 e. The molecule has 0 aliphatic carbocycles. The molecular formula is C21H20N4O3. The normalized spacial score (nSPS) is 13.2. The molecular weight excluding hydrogens is 356 g/mol. The first-order valence-corrected chi connectivity index (χ1v) is 8.92. The van der Waals surface area contributed by atoms with E-state index in [1.807, 2.05) is 36.4 Å². The Labute approximate surface area is 162 Å². The highest BCUT2D eigenvalue weighted by atomic mass is 16.5. The number of hydrogen-bond acceptors (Lipinski definition) is 5. The van der Waals surface area contributed by atoms with Gasteiger partial charge in [-0.05, 0) is 18.2 Å². The largest absolute Gasteiger partial charge is 0.494 e. The minimum atomic E-state index is -0.130. The Morgan fingerprint density at radius 3 is 2.71 bits per heavy atom. The SMILES string of the molecule is COc1cnccc1-c1[nH]c2c(c1Nc1ccccc1)C(=O)CN(C(C)=O)C2. The van der Waals surface area contributed by atoms with Crippen LogP contribution in [0.25, 0.3) is 11.3 Å². The molecule has 3 aromatic rings. The highest BCUT2D eigenvalue weighted by molar-refractivity contribution is 6.09. The fourth-order valence-corrected chi connectivity index (χ4v) is 3.44. The molecule has 7 heteroatoms. The number of aromatic nitrogens is 2. The molecule has 0 saturated heterocycles. The average Bonchev–Trinajstić information content (AvgIpc) is 3.07. The monoisotopic (exact) mass is 376 g/mol. The Balaban J connectivity index is 1.89. The molecule has 2 aromatic heterocycles. The summed E-state index contributed by atoms with van der Waals surface area (Å²) in [6, 6.07) is 11.5. The van der Waals surface area contributed by atoms with Gasteiger partial charge in [-0.1, -0.05) is 18.2 Å². The smallest absolute Gasteiger partial charge is 0.220 e. The van der Waals surface area contributed by atoms with Crippen LogP contribution in [-0.2, 0) is 11.3 Å². The number of para-hydroxylation sites is 1. The highest BCUT2D eigenvalue weighted by Crippen LogP contribution is 2.40. The van der Waals surface area contributed by atoms with Crippen LogP contribution in [0, 0.1) is 0 Å². The molecule has 7 nitrogen and oxygen atoms in total. The Kier molecular flexibility index (Phi) is 4.57. The van der Waals surface area contributed by atoms with Crippen LogP contribution in [0.15, 0.2) is 48.8 Å². The molecule has 3 heterocycles. The number of Topliss-reactive ketones (excluding diaryl/α,β-unsaturated/α-hetero) is 1. The van der Waals surface area contributed by atoms with E-state index in [1.54, 1.807) is 19.5 Å². The molecule has 4 rings (SSSR count). The van der Waals surface area contributed by atoms with Gasteiger partial charge in [-0.2, -0.15) is 0 Å². The molecule has 0 bridgehead atoms. The fraction of sp³-hybridized carbons (Fsp3) is 0.190. The summed E-state index contributed by atoms with van der Waals surface area (Å²) in [7, 11) is 1.58. The zero-order chi connectivity index (χ0) is 19.7. The number of carbonyl (C=O) groups is 2. The fourth-order valence-electron chi connectivity index (χ4n) is 3.44. The minimum absolute atomic E-state index is 0.0660. The van der Waals surface area contributed by atoms with Gasteiger partial charge in [-0.15, -0.1) is 0 Å². The van der Waals surface area contributed by atoms with Crippen LogP contribution in [0.2, 0.25) is 0 Å². The number of nitrogens with one attached hydrogen (secondary N) is 2. The summed E-state index contributed by atoms with van der Waals surface area (Å²) >= 11 is 0. The van der Waals surface area contributed by atoms with E-state index in [0.717, 1.165) is 16.9 Å². The van der Waals surface area contributed by atoms with E-state index in [1.165, 1.54) is 11.8 Å². The molecule has 28 heavy (non-hydrogen) atoms. The van der Waals surface area contributed by atoms with Gasteiger partial charge in [0, 0.05) is 30.1 Å². The lowest BCUT2D eigenvalue weighted by atomic mass is 10.0. The number of ether oxygens (including phenoxy) is 1. The van der Waals surface area contributed by atoms with Crippen molar-refractivity contribution in [3.63, 3.8) is 0 Å². The van der Waals surface area contributed by atoms with E-state index < -0.39 is 0 Å². The number of nitrogens with zero attached hydrogens (tertiary/aromatic N) is 2. The predicted molar refractivity (Wildman–Crippen MR) is 106 cm³/mol. The predicted octanol–water partition coefficient (Wildman–Crippen LogP) is 3.37. The zero-order valence-electron chi connectivity index (χ0n) is 15.7. The van der Waals surface area contributed by atoms with Gasteiger partial charge in [0.05, 0.1) is 43.3 Å². The Morgan fingerprint density at radius 2 is 2.00 bits per heavy atom. The summed E-state index contributed by atoms with van der Waals surface area (Å²) in [5.41, 5.74) is 4.34. The molecule has 0 saturated carbocycles. The van der Waals surface area contributed by atoms with E-state index in [4.69, 9.17) is 4.74 Å². The van der Waals surface area contributed by atoms with E-state index in [-0.39, 0.29) is 18.2 Å². The van der Waals surface area contributed by atoms with Gasteiger partial charge in [0.2, 0.25) is 5.91 Å². The van der Waals surface area contributed by atoms with E-state index >= 15 is 0 Å². The van der Waals surface area contributed by atoms with Crippen LogP contribution in [0.4, 0.5) is 11.4 Å². The summed E-state index contributed by atoms with van der Waals surface area (Å²) in [4.78, 5) is 33.7. The molecule has 1 aromatic carbocycles. The first-order chi connectivity index (χ1) is 13.6. The molecule has 142 valence electrons. The lowest BCUT2D eigenvalue weighted by molar-refractivity contribution is -0.129. The second-order valence-electron chi connectivity index (χ2n) is 6.59. The van der Waals surface area contributed by atoms with E-state index in [2.05, 4.69) is 15.3 Å². The number of H-pyrrole nitrogens is 1. The number of benzene rings is 1. The number of anilines is 2. The van der Waals surface area contributed by atoms with Gasteiger partial charge in [0.25, 0.3) is 0 Å². The maximum absolute atomic E-state index is 12.9. The number of aromatic amines is 1. The van der Waals surface area contributed by atoms with Crippen LogP contribution < -0.4 is 10.1 Å². The van der Waals surface area contributed by atoms with Gasteiger partial charge in [-0.25, -0.2) is 0 Å². The second kappa shape index (κ2) is 7.19. The van der Waals surface area contributed by atoms with Crippen LogP contribution in [0.3, 0.4) is 0 Å². The van der Waals surface area contributed by atoms with Crippen molar-refractivity contribution >= 4 is 23.1 Å². The summed E-state index contributed by atoms with van der Waals surface area (Å²) in [5, 5.41) is 3.37. The molecule has 1 amide bonds. The molecule has 0 unspecified atom stereocenters. The highest BCUT2D eigenvalue weighted by Gasteiger charge is 2.32. The third-order valence-corrected chi connectivity index (χ3v) is 4.80. The van der Waals surface area contributed by atoms with Crippen molar-refractivity contribution in [2.24, 2.45) is 0 Å². The van der Waals surface area contributed by atoms with Gasteiger partial charge < -0.3 is 19.9 Å². The number of fused-ring (bicyclic) bond motifs is 1. The molecule has 0 atom stereocenters. The van der Waals surface area contributed by atoms with Gasteiger partial charge in [-0.3, -0.25) is 14.6 Å². The third kappa shape index (κ3) is 3.11. The number of carbonyl (C=O) groups excluding carboxylic acids is 2. The van der Waals surface area contributed by atoms with Crippen molar-refractivity contribution in [1.29, 1.82) is 0 Å². The third-order valence-electron chi connectivity index (χ3n) is 4.80. The Bertz CT molecular complexity index is 1040. The number of rotatable bonds is 4. The molecule has 1 aliphatic rings. The molecule has 0 fully saturated rings. The summed E-state index contributed by atoms with van der Waals surface area (Å²) in [6.45, 7) is 1.89. The van der Waals surface area contributed by atoms with Crippen molar-refractivity contribution in [1.82, 2.24) is 14.9 Å². The lowest BCUT2D eigenvalue weighted by Crippen LogP contribution is -2.38. The van der Waals surface area contributed by atoms with Crippen molar-refractivity contribution in [3.8, 4) is 17.0 Å². The van der Waals surface area contributed by atoms with Gasteiger partial charge >= 0.3 is 0 Å². The van der Waals surface area contributed by atoms with Crippen LogP contribution in [-0.4, -0.2) is 40.2 Å². The van der Waals surface area contributed by atoms with Crippen molar-refractivity contribution in [2.75, 3.05) is 19.0 Å². The lowest BCUT2D eigenvalue weighted by Gasteiger charge is -2.25. The van der Waals surface area contributed by atoms with Crippen LogP contribution >= 0.6 is 0 Å². The van der Waals surface area contributed by atoms with E-state index in [0.29, 0.717) is 29.2 Å². The minimum Gasteiger partial charge on any atom is -0.494 e. The van der Waals surface area contributed by atoms with Crippen molar-refractivity contribution in [2.45, 2.75) is 13.5 Å². The first kappa shape index (κ1) is 17.8. The quantitative estimate of drug-likeness (QED) is 0.729. The summed E-state index contributed by atoms with van der Waals surface area (Å²) in [5.74, 6) is 0.354. The summed E-state index contributed by atoms with van der Waals surface area (Å²) < 4.78 is 5.46. The molecule has 0 spiro atoms. The van der Waals surface area contributed by atoms with E-state index in [9.17, 15) is 9.59 Å². The second-order valence-corrected chi connectivity index (χ2v) is 6.59. The van der Waals surface area contributed by atoms with Gasteiger partial charge in [0.1, 0.15) is 5.75 Å². The number of ketones is 1. The van der Waals surface area contributed by atoms with Crippen LogP contribution in [0.5, 0.6) is 5.75 Å². The Hall–Kier alpha value is -3.61. The number of methoxy groups -OCH3 is 1. The van der Waals surface area contributed by atoms with Crippen molar-refractivity contribution < 1.29 is 14.3 Å². The standard InChI is InChI=1S/C21H20N4O3/c1-13(26)25-11-16-19(17(27)12-25)21(23-14-6-4-3-5-7-14)20(24-16)15-8-9-22-10-18(15)28-2/h3-10,23-24H,11-12H2,1-2H3. The zero-order valence-corrected chi connectivity index (χ0v) is 15.7. The summed E-state index contributed by atoms with van der Waals surface area (Å²) in [6.07, 6.45) is 3.30. The number of hydrogen-bond donors (Lipinski definition) is 2. The van der Waals surface area contributed by atoms with Gasteiger partial charge in [0.15, 0.2) is 5.78 Å². The average molecular weight is 376 g/mol. The number of pyridine rings is 1. The molecule has 1 aliphatic heterocycles. The first-order valence-electron chi connectivity index (χ1n) is 8.92. The Morgan fingerprint density at radius 1 is 1.21 bits per heavy atom. The van der Waals surface area contributed by atoms with Crippen LogP contribution in [0.1, 0.15) is 23.0 Å². The molecule has 0 radical (unpaired) electrons. The number of amides is 1. The maximum atomic E-state index is 12.9. The van der Waals surface area contributed by atoms with Crippen molar-refractivity contribution in [3.05, 3.63) is 60.0 Å². The topological polar surface area (TPSA) is 87.3 Å².